The zero-order valence-electron chi connectivity index (χ0n) is 9.26. The summed E-state index contributed by atoms with van der Waals surface area (Å²) in [7, 11) is -3.35. The van der Waals surface area contributed by atoms with E-state index in [1.807, 2.05) is 0 Å². The molecule has 1 aromatic rings. The van der Waals surface area contributed by atoms with Gasteiger partial charge >= 0.3 is 0 Å². The van der Waals surface area contributed by atoms with Gasteiger partial charge in [-0.05, 0) is 24.1 Å². The van der Waals surface area contributed by atoms with Gasteiger partial charge < -0.3 is 15.3 Å². The number of benzene rings is 1. The Morgan fingerprint density at radius 2 is 1.88 bits per heavy atom. The zero-order chi connectivity index (χ0) is 12.9. The molecule has 0 bridgehead atoms. The summed E-state index contributed by atoms with van der Waals surface area (Å²) in [6, 6.07) is 5.54. The standard InChI is InChI=1S/C10H14N2O4S/c1-2-7-17(15,16)12-11-9-5-3-8(4-6-9)10(13)14/h3-6,11-12H,2,7H2,1H3,(H,13,14)/p-1. The average molecular weight is 257 g/mol. The Morgan fingerprint density at radius 1 is 1.29 bits per heavy atom. The van der Waals surface area contributed by atoms with Crippen molar-refractivity contribution in [2.24, 2.45) is 0 Å². The number of hydrogen-bond donors (Lipinski definition) is 2. The molecule has 0 aliphatic rings. The second-order valence-electron chi connectivity index (χ2n) is 3.41. The summed E-state index contributed by atoms with van der Waals surface area (Å²) in [4.78, 5) is 12.7. The molecule has 0 unspecified atom stereocenters. The van der Waals surface area contributed by atoms with Gasteiger partial charge in [0.05, 0.1) is 11.7 Å². The highest BCUT2D eigenvalue weighted by atomic mass is 32.2. The lowest BCUT2D eigenvalue weighted by atomic mass is 10.2. The van der Waals surface area contributed by atoms with E-state index in [0.29, 0.717) is 12.1 Å². The van der Waals surface area contributed by atoms with Crippen LogP contribution in [0.1, 0.15) is 23.7 Å². The SMILES string of the molecule is CCCS(=O)(=O)NNc1ccc(C(=O)[O-])cc1. The normalized spacial score (nSPS) is 11.1. The van der Waals surface area contributed by atoms with Crippen molar-refractivity contribution >= 4 is 21.7 Å². The van der Waals surface area contributed by atoms with Crippen molar-refractivity contribution in [3.63, 3.8) is 0 Å². The van der Waals surface area contributed by atoms with E-state index in [4.69, 9.17) is 0 Å². The van der Waals surface area contributed by atoms with Gasteiger partial charge in [-0.2, -0.15) is 0 Å². The van der Waals surface area contributed by atoms with E-state index in [1.165, 1.54) is 24.3 Å². The molecular formula is C10H13N2O4S-. The van der Waals surface area contributed by atoms with Crippen LogP contribution in [0.15, 0.2) is 24.3 Å². The van der Waals surface area contributed by atoms with Crippen LogP contribution < -0.4 is 15.4 Å². The maximum absolute atomic E-state index is 11.3. The molecule has 0 spiro atoms. The average Bonchev–Trinajstić information content (AvgIpc) is 2.27. The molecule has 7 heteroatoms. The van der Waals surface area contributed by atoms with Crippen molar-refractivity contribution in [2.45, 2.75) is 13.3 Å². The van der Waals surface area contributed by atoms with E-state index in [2.05, 4.69) is 10.3 Å². The van der Waals surface area contributed by atoms with Gasteiger partial charge in [0.15, 0.2) is 0 Å². The number of sulfonamides is 1. The Hall–Kier alpha value is -1.60. The number of carboxylic acid groups (broad SMARTS) is 1. The van der Waals surface area contributed by atoms with Crippen molar-refractivity contribution in [2.75, 3.05) is 11.2 Å². The van der Waals surface area contributed by atoms with Crippen LogP contribution in [0.2, 0.25) is 0 Å². The highest BCUT2D eigenvalue weighted by Gasteiger charge is 2.07. The molecule has 0 heterocycles. The summed E-state index contributed by atoms with van der Waals surface area (Å²) in [5, 5.41) is 10.5. The van der Waals surface area contributed by atoms with Gasteiger partial charge in [-0.1, -0.05) is 19.1 Å². The monoisotopic (exact) mass is 257 g/mol. The third-order valence-corrected chi connectivity index (χ3v) is 3.30. The third kappa shape index (κ3) is 4.41. The molecular weight excluding hydrogens is 244 g/mol. The molecule has 0 fully saturated rings. The fourth-order valence-electron chi connectivity index (χ4n) is 1.15. The van der Waals surface area contributed by atoms with Gasteiger partial charge in [0.2, 0.25) is 10.0 Å². The zero-order valence-corrected chi connectivity index (χ0v) is 10.1. The van der Waals surface area contributed by atoms with Gasteiger partial charge in [0.25, 0.3) is 0 Å². The van der Waals surface area contributed by atoms with Crippen molar-refractivity contribution < 1.29 is 18.3 Å². The molecule has 2 N–H and O–H groups in total. The minimum Gasteiger partial charge on any atom is -0.545 e. The molecule has 17 heavy (non-hydrogen) atoms. The molecule has 0 amide bonds. The second-order valence-corrected chi connectivity index (χ2v) is 5.25. The Labute approximate surface area is 99.7 Å². The van der Waals surface area contributed by atoms with Gasteiger partial charge in [-0.25, -0.2) is 8.42 Å². The molecule has 0 aromatic heterocycles. The lowest BCUT2D eigenvalue weighted by Crippen LogP contribution is -2.31. The maximum atomic E-state index is 11.3. The predicted octanol–water partition coefficient (Wildman–Crippen LogP) is -0.294. The topological polar surface area (TPSA) is 98.3 Å². The number of nitrogens with one attached hydrogen (secondary N) is 2. The first-order valence-corrected chi connectivity index (χ1v) is 6.67. The van der Waals surface area contributed by atoms with Crippen LogP contribution in [0.4, 0.5) is 5.69 Å². The summed E-state index contributed by atoms with van der Waals surface area (Å²) in [6.07, 6.45) is 0.515. The Morgan fingerprint density at radius 3 is 2.35 bits per heavy atom. The quantitative estimate of drug-likeness (QED) is 0.682. The van der Waals surface area contributed by atoms with Crippen molar-refractivity contribution in [1.82, 2.24) is 4.83 Å². The highest BCUT2D eigenvalue weighted by Crippen LogP contribution is 2.08. The van der Waals surface area contributed by atoms with Crippen LogP contribution in [0.3, 0.4) is 0 Å². The van der Waals surface area contributed by atoms with E-state index in [1.54, 1.807) is 6.92 Å². The number of aromatic carboxylic acids is 1. The fourth-order valence-corrected chi connectivity index (χ4v) is 2.06. The molecule has 0 atom stereocenters. The Kier molecular flexibility index (Phi) is 4.47. The Balaban J connectivity index is 2.62. The highest BCUT2D eigenvalue weighted by molar-refractivity contribution is 7.89. The van der Waals surface area contributed by atoms with Gasteiger partial charge in [-0.3, -0.25) is 0 Å². The van der Waals surface area contributed by atoms with Crippen molar-refractivity contribution in [3.8, 4) is 0 Å². The van der Waals surface area contributed by atoms with Crippen LogP contribution in [0, 0.1) is 0 Å². The third-order valence-electron chi connectivity index (χ3n) is 1.94. The fraction of sp³-hybridized carbons (Fsp3) is 0.300. The molecule has 1 rings (SSSR count). The summed E-state index contributed by atoms with van der Waals surface area (Å²) in [6.45, 7) is 1.76. The van der Waals surface area contributed by atoms with Crippen molar-refractivity contribution in [3.05, 3.63) is 29.8 Å². The summed E-state index contributed by atoms with van der Waals surface area (Å²) in [5.41, 5.74) is 2.97. The van der Waals surface area contributed by atoms with E-state index < -0.39 is 16.0 Å². The number of carbonyl (C=O) groups excluding carboxylic acids is 1. The van der Waals surface area contributed by atoms with Crippen LogP contribution in [0.5, 0.6) is 0 Å². The van der Waals surface area contributed by atoms with Gasteiger partial charge in [0.1, 0.15) is 0 Å². The molecule has 0 saturated heterocycles. The van der Waals surface area contributed by atoms with E-state index in [-0.39, 0.29) is 11.3 Å². The first kappa shape index (κ1) is 13.5. The molecule has 0 aliphatic heterocycles. The number of hydrogen-bond acceptors (Lipinski definition) is 5. The van der Waals surface area contributed by atoms with Crippen LogP contribution in [-0.4, -0.2) is 20.1 Å². The lowest BCUT2D eigenvalue weighted by Gasteiger charge is -2.09. The number of anilines is 1. The van der Waals surface area contributed by atoms with E-state index in [0.717, 1.165) is 0 Å². The van der Waals surface area contributed by atoms with Crippen molar-refractivity contribution in [1.29, 1.82) is 0 Å². The molecule has 1 aromatic carbocycles. The molecule has 0 aliphatic carbocycles. The largest absolute Gasteiger partial charge is 0.545 e. The first-order valence-electron chi connectivity index (χ1n) is 5.01. The Bertz CT molecular complexity index is 482. The lowest BCUT2D eigenvalue weighted by molar-refractivity contribution is -0.255. The van der Waals surface area contributed by atoms with Crippen LogP contribution >= 0.6 is 0 Å². The van der Waals surface area contributed by atoms with Crippen LogP contribution in [0.25, 0.3) is 0 Å². The number of hydrazine groups is 1. The van der Waals surface area contributed by atoms with Gasteiger partial charge in [-0.15, -0.1) is 4.83 Å². The summed E-state index contributed by atoms with van der Waals surface area (Å²) in [5.74, 6) is -1.25. The predicted molar refractivity (Wildman–Crippen MR) is 61.6 cm³/mol. The number of carboxylic acids is 1. The smallest absolute Gasteiger partial charge is 0.228 e. The molecule has 94 valence electrons. The molecule has 0 radical (unpaired) electrons. The van der Waals surface area contributed by atoms with E-state index in [9.17, 15) is 18.3 Å². The molecule has 6 nitrogen and oxygen atoms in total. The summed E-state index contributed by atoms with van der Waals surface area (Å²) >= 11 is 0. The minimum atomic E-state index is -3.35. The molecule has 0 saturated carbocycles. The second kappa shape index (κ2) is 5.65. The first-order chi connectivity index (χ1) is 7.94. The van der Waals surface area contributed by atoms with E-state index >= 15 is 0 Å². The minimum absolute atomic E-state index is 0.0249. The van der Waals surface area contributed by atoms with Crippen LogP contribution in [-0.2, 0) is 10.0 Å². The number of carbonyl (C=O) groups is 1. The summed E-state index contributed by atoms with van der Waals surface area (Å²) < 4.78 is 22.6. The van der Waals surface area contributed by atoms with Gasteiger partial charge in [0, 0.05) is 5.69 Å². The number of rotatable bonds is 6. The maximum Gasteiger partial charge on any atom is 0.228 e.